The largest absolute Gasteiger partial charge is 0.477 e. The molecule has 2 aliphatic heterocycles. The molecule has 0 saturated carbocycles. The normalized spacial score (nSPS) is 15.4. The second-order valence-corrected chi connectivity index (χ2v) is 7.43. The Morgan fingerprint density at radius 1 is 1.03 bits per heavy atom. The first-order chi connectivity index (χ1) is 14.6. The summed E-state index contributed by atoms with van der Waals surface area (Å²) in [6.07, 6.45) is 5.86. The van der Waals surface area contributed by atoms with Crippen molar-refractivity contribution in [1.82, 2.24) is 14.5 Å². The summed E-state index contributed by atoms with van der Waals surface area (Å²) in [5.41, 5.74) is 4.09. The zero-order valence-corrected chi connectivity index (χ0v) is 16.2. The second-order valence-electron chi connectivity index (χ2n) is 7.43. The van der Waals surface area contributed by atoms with Gasteiger partial charge in [0.15, 0.2) is 5.43 Å². The van der Waals surface area contributed by atoms with Crippen LogP contribution in [0.4, 0.5) is 5.95 Å². The van der Waals surface area contributed by atoms with E-state index in [0.717, 1.165) is 47.5 Å². The van der Waals surface area contributed by atoms with Gasteiger partial charge >= 0.3 is 5.97 Å². The number of ether oxygens (including phenoxy) is 1. The third kappa shape index (κ3) is 3.25. The van der Waals surface area contributed by atoms with Crippen molar-refractivity contribution in [2.45, 2.75) is 13.0 Å². The predicted octanol–water partition coefficient (Wildman–Crippen LogP) is 2.06. The molecule has 0 radical (unpaired) electrons. The molecule has 2 aliphatic rings. The second kappa shape index (κ2) is 7.38. The SMILES string of the molecule is O=C(O)c1cn2c(cc1=O)-c1ccc(-c3cnc(N4CCOCC4)nc3)cc1CC2. The van der Waals surface area contributed by atoms with Gasteiger partial charge in [-0.25, -0.2) is 14.8 Å². The standard InChI is InChI=1S/C22H20N4O4/c27-20-10-19-17-2-1-14(9-15(17)3-4-26(19)13-18(20)21(28)29)16-11-23-22(24-12-16)25-5-7-30-8-6-25/h1-2,9-13H,3-8H2,(H,28,29). The number of aryl methyl sites for hydroxylation is 2. The molecule has 30 heavy (non-hydrogen) atoms. The monoisotopic (exact) mass is 404 g/mol. The number of rotatable bonds is 3. The number of benzene rings is 1. The number of hydrogen-bond donors (Lipinski definition) is 1. The van der Waals surface area contributed by atoms with Gasteiger partial charge in [-0.3, -0.25) is 4.79 Å². The van der Waals surface area contributed by atoms with Gasteiger partial charge in [-0.2, -0.15) is 0 Å². The average molecular weight is 404 g/mol. The van der Waals surface area contributed by atoms with Crippen LogP contribution < -0.4 is 10.3 Å². The highest BCUT2D eigenvalue weighted by Gasteiger charge is 2.20. The molecule has 0 bridgehead atoms. The van der Waals surface area contributed by atoms with Crippen LogP contribution in [-0.4, -0.2) is 51.9 Å². The molecular formula is C22H20N4O4. The van der Waals surface area contributed by atoms with Crippen molar-refractivity contribution in [2.75, 3.05) is 31.2 Å². The lowest BCUT2D eigenvalue weighted by molar-refractivity contribution is 0.0694. The highest BCUT2D eigenvalue weighted by molar-refractivity contribution is 5.87. The fourth-order valence-electron chi connectivity index (χ4n) is 4.02. The van der Waals surface area contributed by atoms with Gasteiger partial charge < -0.3 is 19.3 Å². The van der Waals surface area contributed by atoms with Crippen LogP contribution in [-0.2, 0) is 17.7 Å². The van der Waals surface area contributed by atoms with Crippen molar-refractivity contribution in [3.63, 3.8) is 0 Å². The summed E-state index contributed by atoms with van der Waals surface area (Å²) in [6.45, 7) is 3.59. The van der Waals surface area contributed by atoms with Gasteiger partial charge in [0.25, 0.3) is 0 Å². The molecule has 0 atom stereocenters. The fourth-order valence-corrected chi connectivity index (χ4v) is 4.02. The number of anilines is 1. The molecule has 0 aliphatic carbocycles. The maximum atomic E-state index is 12.2. The molecule has 0 unspecified atom stereocenters. The molecule has 1 aromatic carbocycles. The van der Waals surface area contributed by atoms with Crippen LogP contribution >= 0.6 is 0 Å². The van der Waals surface area contributed by atoms with E-state index >= 15 is 0 Å². The molecule has 3 aromatic rings. The first-order valence-electron chi connectivity index (χ1n) is 9.86. The molecule has 0 amide bonds. The zero-order chi connectivity index (χ0) is 20.7. The maximum Gasteiger partial charge on any atom is 0.341 e. The van der Waals surface area contributed by atoms with Crippen molar-refractivity contribution in [3.8, 4) is 22.4 Å². The van der Waals surface area contributed by atoms with Crippen LogP contribution in [0.3, 0.4) is 0 Å². The summed E-state index contributed by atoms with van der Waals surface area (Å²) in [5.74, 6) is -0.487. The molecule has 8 heteroatoms. The number of pyridine rings is 1. The lowest BCUT2D eigenvalue weighted by Gasteiger charge is -2.26. The van der Waals surface area contributed by atoms with E-state index in [0.29, 0.717) is 25.7 Å². The molecule has 5 rings (SSSR count). The zero-order valence-electron chi connectivity index (χ0n) is 16.2. The number of fused-ring (bicyclic) bond motifs is 3. The van der Waals surface area contributed by atoms with Gasteiger partial charge in [0.1, 0.15) is 5.56 Å². The number of carboxylic acids is 1. The van der Waals surface area contributed by atoms with Crippen LogP contribution in [0.1, 0.15) is 15.9 Å². The molecule has 152 valence electrons. The Bertz CT molecular complexity index is 1180. The van der Waals surface area contributed by atoms with Crippen LogP contribution in [0.5, 0.6) is 0 Å². The number of aromatic carboxylic acids is 1. The smallest absolute Gasteiger partial charge is 0.341 e. The van der Waals surface area contributed by atoms with E-state index in [2.05, 4.69) is 20.9 Å². The molecule has 1 N–H and O–H groups in total. The van der Waals surface area contributed by atoms with E-state index in [1.54, 1.807) is 0 Å². The quantitative estimate of drug-likeness (QED) is 0.714. The highest BCUT2D eigenvalue weighted by atomic mass is 16.5. The minimum atomic E-state index is -1.20. The van der Waals surface area contributed by atoms with E-state index in [1.807, 2.05) is 29.1 Å². The van der Waals surface area contributed by atoms with Crippen molar-refractivity contribution in [2.24, 2.45) is 0 Å². The summed E-state index contributed by atoms with van der Waals surface area (Å²) < 4.78 is 7.21. The molecular weight excluding hydrogens is 384 g/mol. The van der Waals surface area contributed by atoms with Crippen molar-refractivity contribution in [3.05, 3.63) is 64.2 Å². The van der Waals surface area contributed by atoms with Crippen molar-refractivity contribution < 1.29 is 14.6 Å². The number of carbonyl (C=O) groups is 1. The van der Waals surface area contributed by atoms with Crippen LogP contribution in [0, 0.1) is 0 Å². The maximum absolute atomic E-state index is 12.2. The van der Waals surface area contributed by atoms with Crippen LogP contribution in [0.25, 0.3) is 22.4 Å². The lowest BCUT2D eigenvalue weighted by Crippen LogP contribution is -2.37. The molecule has 1 fully saturated rings. The summed E-state index contributed by atoms with van der Waals surface area (Å²) in [5, 5.41) is 9.19. The summed E-state index contributed by atoms with van der Waals surface area (Å²) in [7, 11) is 0. The van der Waals surface area contributed by atoms with E-state index < -0.39 is 11.4 Å². The van der Waals surface area contributed by atoms with Gasteiger partial charge in [0.05, 0.1) is 18.9 Å². The average Bonchev–Trinajstić information content (AvgIpc) is 2.79. The van der Waals surface area contributed by atoms with Crippen molar-refractivity contribution in [1.29, 1.82) is 0 Å². The number of morpholine rings is 1. The Hall–Kier alpha value is -3.52. The third-order valence-electron chi connectivity index (χ3n) is 5.63. The molecule has 4 heterocycles. The summed E-state index contributed by atoms with van der Waals surface area (Å²) in [4.78, 5) is 34.6. The molecule has 1 saturated heterocycles. The Morgan fingerprint density at radius 2 is 1.80 bits per heavy atom. The van der Waals surface area contributed by atoms with Gasteiger partial charge in [0.2, 0.25) is 5.95 Å². The molecule has 8 nitrogen and oxygen atoms in total. The van der Waals surface area contributed by atoms with Gasteiger partial charge in [-0.05, 0) is 17.5 Å². The van der Waals surface area contributed by atoms with Crippen LogP contribution in [0.15, 0.2) is 47.7 Å². The lowest BCUT2D eigenvalue weighted by atomic mass is 9.93. The molecule has 2 aromatic heterocycles. The van der Waals surface area contributed by atoms with E-state index in [9.17, 15) is 14.7 Å². The number of nitrogens with zero attached hydrogens (tertiary/aromatic N) is 4. The van der Waals surface area contributed by atoms with Gasteiger partial charge in [-0.15, -0.1) is 0 Å². The number of hydrogen-bond acceptors (Lipinski definition) is 6. The van der Waals surface area contributed by atoms with E-state index in [1.165, 1.54) is 12.3 Å². The number of aromatic nitrogens is 3. The Kier molecular flexibility index (Phi) is 4.55. The topological polar surface area (TPSA) is 97.5 Å². The Balaban J connectivity index is 1.46. The Morgan fingerprint density at radius 3 is 2.53 bits per heavy atom. The number of carboxylic acid groups (broad SMARTS) is 1. The third-order valence-corrected chi connectivity index (χ3v) is 5.63. The summed E-state index contributed by atoms with van der Waals surface area (Å²) >= 11 is 0. The molecule has 0 spiro atoms. The van der Waals surface area contributed by atoms with Crippen LogP contribution in [0.2, 0.25) is 0 Å². The van der Waals surface area contributed by atoms with Gasteiger partial charge in [0, 0.05) is 55.4 Å². The first-order valence-corrected chi connectivity index (χ1v) is 9.86. The fraction of sp³-hybridized carbons (Fsp3) is 0.273. The highest BCUT2D eigenvalue weighted by Crippen LogP contribution is 2.32. The minimum Gasteiger partial charge on any atom is -0.477 e. The van der Waals surface area contributed by atoms with E-state index in [4.69, 9.17) is 4.74 Å². The first kappa shape index (κ1) is 18.5. The van der Waals surface area contributed by atoms with Gasteiger partial charge in [-0.1, -0.05) is 18.2 Å². The summed E-state index contributed by atoms with van der Waals surface area (Å²) in [6, 6.07) is 7.48. The Labute approximate surface area is 172 Å². The predicted molar refractivity (Wildman–Crippen MR) is 111 cm³/mol. The van der Waals surface area contributed by atoms with E-state index in [-0.39, 0.29) is 5.56 Å². The van der Waals surface area contributed by atoms with Crippen molar-refractivity contribution >= 4 is 11.9 Å². The minimum absolute atomic E-state index is 0.198.